The van der Waals surface area contributed by atoms with Crippen molar-refractivity contribution in [1.29, 1.82) is 0 Å². The van der Waals surface area contributed by atoms with Gasteiger partial charge in [0, 0.05) is 13.2 Å². The number of oxazole rings is 1. The number of aromatic nitrogens is 2. The van der Waals surface area contributed by atoms with Crippen LogP contribution in [-0.2, 0) is 0 Å². The molecule has 0 aromatic carbocycles. The van der Waals surface area contributed by atoms with E-state index in [4.69, 9.17) is 4.42 Å². The number of hydrogen-bond donors (Lipinski definition) is 1. The van der Waals surface area contributed by atoms with Crippen LogP contribution in [-0.4, -0.2) is 17.0 Å². The smallest absolute Gasteiger partial charge is 0.296 e. The lowest BCUT2D eigenvalue weighted by Crippen LogP contribution is -1.85. The third-order valence-electron chi connectivity index (χ3n) is 1.38. The lowest BCUT2D eigenvalue weighted by atomic mass is 10.5. The van der Waals surface area contributed by atoms with Gasteiger partial charge >= 0.3 is 0 Å². The minimum Gasteiger partial charge on any atom is -0.404 e. The molecular formula is C7H7N3O. The second kappa shape index (κ2) is 2.23. The van der Waals surface area contributed by atoms with Crippen LogP contribution in [0.15, 0.2) is 22.7 Å². The van der Waals surface area contributed by atoms with Crippen LogP contribution in [0.4, 0.5) is 6.01 Å². The summed E-state index contributed by atoms with van der Waals surface area (Å²) in [6.45, 7) is 0. The van der Waals surface area contributed by atoms with Gasteiger partial charge in [0.05, 0.1) is 0 Å². The van der Waals surface area contributed by atoms with Crippen LogP contribution in [0.2, 0.25) is 0 Å². The second-order valence-electron chi connectivity index (χ2n) is 2.10. The van der Waals surface area contributed by atoms with Crippen molar-refractivity contribution in [3.63, 3.8) is 0 Å². The van der Waals surface area contributed by atoms with E-state index in [2.05, 4.69) is 15.3 Å². The number of rotatable bonds is 1. The Labute approximate surface area is 63.3 Å². The number of nitrogens with one attached hydrogen (secondary N) is 1. The summed E-state index contributed by atoms with van der Waals surface area (Å²) >= 11 is 0. The van der Waals surface area contributed by atoms with Gasteiger partial charge in [0.25, 0.3) is 6.01 Å². The molecule has 0 aliphatic rings. The molecule has 1 N–H and O–H groups in total. The van der Waals surface area contributed by atoms with E-state index >= 15 is 0 Å². The molecule has 2 aromatic rings. The van der Waals surface area contributed by atoms with Crippen molar-refractivity contribution in [3.05, 3.63) is 18.3 Å². The first-order chi connectivity index (χ1) is 5.40. The first-order valence-corrected chi connectivity index (χ1v) is 3.29. The molecule has 56 valence electrons. The average Bonchev–Trinajstić information content (AvgIpc) is 2.46. The molecule has 0 saturated carbocycles. The minimum atomic E-state index is 0.499. The third kappa shape index (κ3) is 0.920. The molecule has 2 aromatic heterocycles. The summed E-state index contributed by atoms with van der Waals surface area (Å²) in [4.78, 5) is 8.07. The molecule has 0 amide bonds. The van der Waals surface area contributed by atoms with Crippen molar-refractivity contribution in [2.24, 2.45) is 0 Å². The molecule has 0 spiro atoms. The topological polar surface area (TPSA) is 51.0 Å². The molecule has 0 radical (unpaired) electrons. The predicted octanol–water partition coefficient (Wildman–Crippen LogP) is 1.26. The van der Waals surface area contributed by atoms with Gasteiger partial charge in [0.1, 0.15) is 5.52 Å². The SMILES string of the molecule is CNc1nc2cccnc2o1. The quantitative estimate of drug-likeness (QED) is 0.663. The summed E-state index contributed by atoms with van der Waals surface area (Å²) in [7, 11) is 1.75. The van der Waals surface area contributed by atoms with Crippen molar-refractivity contribution >= 4 is 17.2 Å². The van der Waals surface area contributed by atoms with Crippen LogP contribution in [0.5, 0.6) is 0 Å². The van der Waals surface area contributed by atoms with Crippen LogP contribution in [0.25, 0.3) is 11.2 Å². The largest absolute Gasteiger partial charge is 0.404 e. The first-order valence-electron chi connectivity index (χ1n) is 3.29. The van der Waals surface area contributed by atoms with Gasteiger partial charge in [-0.1, -0.05) is 0 Å². The van der Waals surface area contributed by atoms with E-state index in [9.17, 15) is 0 Å². The molecule has 4 heteroatoms. The van der Waals surface area contributed by atoms with Crippen LogP contribution in [0.3, 0.4) is 0 Å². The van der Waals surface area contributed by atoms with Gasteiger partial charge in [0.15, 0.2) is 0 Å². The van der Waals surface area contributed by atoms with Crippen molar-refractivity contribution in [2.75, 3.05) is 12.4 Å². The van der Waals surface area contributed by atoms with Gasteiger partial charge < -0.3 is 9.73 Å². The van der Waals surface area contributed by atoms with Gasteiger partial charge in [0.2, 0.25) is 5.71 Å². The molecule has 0 aliphatic heterocycles. The van der Waals surface area contributed by atoms with Crippen LogP contribution in [0.1, 0.15) is 0 Å². The Kier molecular flexibility index (Phi) is 1.25. The summed E-state index contributed by atoms with van der Waals surface area (Å²) in [5.41, 5.74) is 1.34. The van der Waals surface area contributed by atoms with E-state index in [1.165, 1.54) is 0 Å². The minimum absolute atomic E-state index is 0.499. The molecule has 0 unspecified atom stereocenters. The second-order valence-corrected chi connectivity index (χ2v) is 2.10. The van der Waals surface area contributed by atoms with Gasteiger partial charge in [-0.25, -0.2) is 4.98 Å². The highest BCUT2D eigenvalue weighted by Crippen LogP contribution is 2.14. The van der Waals surface area contributed by atoms with E-state index in [0.717, 1.165) is 5.52 Å². The predicted molar refractivity (Wildman–Crippen MR) is 41.4 cm³/mol. The zero-order chi connectivity index (χ0) is 7.68. The van der Waals surface area contributed by atoms with Gasteiger partial charge in [-0.2, -0.15) is 4.98 Å². The van der Waals surface area contributed by atoms with E-state index in [-0.39, 0.29) is 0 Å². The lowest BCUT2D eigenvalue weighted by molar-refractivity contribution is 0.608. The van der Waals surface area contributed by atoms with Gasteiger partial charge in [-0.15, -0.1) is 0 Å². The summed E-state index contributed by atoms with van der Waals surface area (Å²) in [6, 6.07) is 4.18. The van der Waals surface area contributed by atoms with Crippen LogP contribution >= 0.6 is 0 Å². The first kappa shape index (κ1) is 6.15. The summed E-state index contributed by atoms with van der Waals surface area (Å²) < 4.78 is 5.18. The van der Waals surface area contributed by atoms with Crippen LogP contribution in [0, 0.1) is 0 Å². The fourth-order valence-corrected chi connectivity index (χ4v) is 0.877. The van der Waals surface area contributed by atoms with Crippen molar-refractivity contribution in [1.82, 2.24) is 9.97 Å². The maximum absolute atomic E-state index is 5.18. The van der Waals surface area contributed by atoms with Crippen molar-refractivity contribution in [3.8, 4) is 0 Å². The monoisotopic (exact) mass is 149 g/mol. The fraction of sp³-hybridized carbons (Fsp3) is 0.143. The standard InChI is InChI=1S/C7H7N3O/c1-8-7-10-5-3-2-4-9-6(5)11-7/h2-4H,1H3,(H,8,10). The highest BCUT2D eigenvalue weighted by atomic mass is 16.4. The Bertz CT molecular complexity index is 335. The molecule has 11 heavy (non-hydrogen) atoms. The molecule has 0 atom stereocenters. The summed E-state index contributed by atoms with van der Waals surface area (Å²) in [5, 5.41) is 2.80. The highest BCUT2D eigenvalue weighted by molar-refractivity contribution is 5.69. The molecular weight excluding hydrogens is 142 g/mol. The number of anilines is 1. The van der Waals surface area contributed by atoms with E-state index in [1.54, 1.807) is 13.2 Å². The van der Waals surface area contributed by atoms with Gasteiger partial charge in [-0.3, -0.25) is 0 Å². The number of hydrogen-bond acceptors (Lipinski definition) is 4. The third-order valence-corrected chi connectivity index (χ3v) is 1.38. The van der Waals surface area contributed by atoms with Crippen molar-refractivity contribution < 1.29 is 4.42 Å². The van der Waals surface area contributed by atoms with E-state index in [1.807, 2.05) is 12.1 Å². The zero-order valence-corrected chi connectivity index (χ0v) is 6.03. The number of fused-ring (bicyclic) bond motifs is 1. The average molecular weight is 149 g/mol. The Morgan fingerprint density at radius 3 is 3.18 bits per heavy atom. The van der Waals surface area contributed by atoms with Crippen LogP contribution < -0.4 is 5.32 Å². The van der Waals surface area contributed by atoms with E-state index in [0.29, 0.717) is 11.7 Å². The summed E-state index contributed by atoms with van der Waals surface area (Å²) in [5.74, 6) is 0. The summed E-state index contributed by atoms with van der Waals surface area (Å²) in [6.07, 6.45) is 1.67. The molecule has 0 saturated heterocycles. The fourth-order valence-electron chi connectivity index (χ4n) is 0.877. The Hall–Kier alpha value is -1.58. The van der Waals surface area contributed by atoms with Gasteiger partial charge in [-0.05, 0) is 12.1 Å². The van der Waals surface area contributed by atoms with E-state index < -0.39 is 0 Å². The number of nitrogens with zero attached hydrogens (tertiary/aromatic N) is 2. The Morgan fingerprint density at radius 1 is 1.55 bits per heavy atom. The Balaban J connectivity index is 2.69. The molecule has 4 nitrogen and oxygen atoms in total. The molecule has 0 aliphatic carbocycles. The highest BCUT2D eigenvalue weighted by Gasteiger charge is 2.01. The maximum Gasteiger partial charge on any atom is 0.296 e. The maximum atomic E-state index is 5.18. The molecule has 2 heterocycles. The molecule has 2 rings (SSSR count). The Morgan fingerprint density at radius 2 is 2.45 bits per heavy atom. The molecule has 0 fully saturated rings. The normalized spacial score (nSPS) is 10.3. The molecule has 0 bridgehead atoms. The van der Waals surface area contributed by atoms with Crippen molar-refractivity contribution in [2.45, 2.75) is 0 Å². The zero-order valence-electron chi connectivity index (χ0n) is 6.03. The lowest BCUT2D eigenvalue weighted by Gasteiger charge is -1.83. The number of pyridine rings is 1.